The molecule has 3 N–H and O–H groups in total. The average molecular weight is 238 g/mol. The molecule has 1 aliphatic rings. The van der Waals surface area contributed by atoms with Crippen molar-refractivity contribution in [2.75, 3.05) is 12.3 Å². The summed E-state index contributed by atoms with van der Waals surface area (Å²) in [6, 6.07) is 0. The molecule has 1 unspecified atom stereocenters. The van der Waals surface area contributed by atoms with Gasteiger partial charge in [0.2, 0.25) is 0 Å². The predicted molar refractivity (Wildman–Crippen MR) is 68.1 cm³/mol. The maximum atomic E-state index is 12.0. The van der Waals surface area contributed by atoms with Crippen molar-refractivity contribution in [3.05, 3.63) is 16.0 Å². The molecule has 1 aromatic heterocycles. The molecule has 0 spiro atoms. The molecule has 0 saturated carbocycles. The van der Waals surface area contributed by atoms with Crippen LogP contribution >= 0.6 is 11.3 Å². The van der Waals surface area contributed by atoms with Gasteiger partial charge in [0.1, 0.15) is 0 Å². The highest BCUT2D eigenvalue weighted by molar-refractivity contribution is 7.16. The average Bonchev–Trinajstić information content (AvgIpc) is 2.75. The fraction of sp³-hybridized carbons (Fsp3) is 0.583. The lowest BCUT2D eigenvalue weighted by Crippen LogP contribution is -2.24. The van der Waals surface area contributed by atoms with E-state index in [-0.39, 0.29) is 5.91 Å². The van der Waals surface area contributed by atoms with E-state index in [9.17, 15) is 4.79 Å². The zero-order valence-corrected chi connectivity index (χ0v) is 10.6. The van der Waals surface area contributed by atoms with Crippen molar-refractivity contribution in [2.24, 2.45) is 0 Å². The lowest BCUT2D eigenvalue weighted by atomic mass is 9.96. The third kappa shape index (κ3) is 1.71. The SMILES string of the molecule is CCNC(=O)c1c(N)sc2c1C(CC)CC2. The minimum atomic E-state index is -0.00199. The molecule has 1 atom stereocenters. The molecule has 16 heavy (non-hydrogen) atoms. The van der Waals surface area contributed by atoms with E-state index in [0.717, 1.165) is 18.4 Å². The standard InChI is InChI=1S/C12H18N2OS/c1-3-7-5-6-8-9(7)10(11(13)16-8)12(15)14-4-2/h7H,3-6,13H2,1-2H3,(H,14,15). The second-order valence-corrected chi connectivity index (χ2v) is 5.32. The summed E-state index contributed by atoms with van der Waals surface area (Å²) in [6.45, 7) is 4.76. The van der Waals surface area contributed by atoms with Crippen LogP contribution in [0.5, 0.6) is 0 Å². The van der Waals surface area contributed by atoms with Crippen LogP contribution in [0.1, 0.15) is 53.4 Å². The van der Waals surface area contributed by atoms with Gasteiger partial charge in [-0.05, 0) is 37.7 Å². The Balaban J connectivity index is 2.41. The number of amides is 1. The highest BCUT2D eigenvalue weighted by Crippen LogP contribution is 2.45. The maximum Gasteiger partial charge on any atom is 0.254 e. The van der Waals surface area contributed by atoms with Crippen molar-refractivity contribution in [3.63, 3.8) is 0 Å². The zero-order chi connectivity index (χ0) is 11.7. The monoisotopic (exact) mass is 238 g/mol. The summed E-state index contributed by atoms with van der Waals surface area (Å²) in [7, 11) is 0. The van der Waals surface area contributed by atoms with Crippen molar-refractivity contribution < 1.29 is 4.79 Å². The van der Waals surface area contributed by atoms with Gasteiger partial charge in [0.15, 0.2) is 0 Å². The topological polar surface area (TPSA) is 55.1 Å². The molecular formula is C12H18N2OS. The highest BCUT2D eigenvalue weighted by atomic mass is 32.1. The fourth-order valence-electron chi connectivity index (χ4n) is 2.47. The second kappa shape index (κ2) is 4.45. The van der Waals surface area contributed by atoms with E-state index < -0.39 is 0 Å². The molecule has 2 rings (SSSR count). The van der Waals surface area contributed by atoms with Crippen LogP contribution in [0.4, 0.5) is 5.00 Å². The first-order valence-electron chi connectivity index (χ1n) is 5.88. The Morgan fingerprint density at radius 3 is 2.94 bits per heavy atom. The summed E-state index contributed by atoms with van der Waals surface area (Å²) in [5.41, 5.74) is 7.95. The van der Waals surface area contributed by atoms with Crippen LogP contribution in [0, 0.1) is 0 Å². The molecule has 1 aromatic rings. The molecule has 0 bridgehead atoms. The van der Waals surface area contributed by atoms with Crippen LogP contribution in [0.15, 0.2) is 0 Å². The third-order valence-electron chi connectivity index (χ3n) is 3.23. The number of aryl methyl sites for hydroxylation is 1. The summed E-state index contributed by atoms with van der Waals surface area (Å²) in [6.07, 6.45) is 3.35. The molecule has 88 valence electrons. The second-order valence-electron chi connectivity index (χ2n) is 4.18. The number of carbonyl (C=O) groups excluding carboxylic acids is 1. The quantitative estimate of drug-likeness (QED) is 0.850. The van der Waals surface area contributed by atoms with E-state index >= 15 is 0 Å². The van der Waals surface area contributed by atoms with Crippen LogP contribution in [-0.2, 0) is 6.42 Å². The number of rotatable bonds is 3. The number of anilines is 1. The normalized spacial score (nSPS) is 18.5. The van der Waals surface area contributed by atoms with Gasteiger partial charge in [0.25, 0.3) is 5.91 Å². The molecule has 0 aliphatic heterocycles. The van der Waals surface area contributed by atoms with Gasteiger partial charge in [-0.2, -0.15) is 0 Å². The molecule has 4 heteroatoms. The molecule has 0 saturated heterocycles. The van der Waals surface area contributed by atoms with E-state index in [4.69, 9.17) is 5.73 Å². The number of thiophene rings is 1. The van der Waals surface area contributed by atoms with Crippen LogP contribution in [0.2, 0.25) is 0 Å². The Labute approximate surface area is 100 Å². The number of hydrogen-bond donors (Lipinski definition) is 2. The van der Waals surface area contributed by atoms with Gasteiger partial charge in [-0.3, -0.25) is 4.79 Å². The van der Waals surface area contributed by atoms with Crippen molar-refractivity contribution in [1.29, 1.82) is 0 Å². The first kappa shape index (κ1) is 11.5. The van der Waals surface area contributed by atoms with Crippen molar-refractivity contribution in [3.8, 4) is 0 Å². The van der Waals surface area contributed by atoms with E-state index in [1.54, 1.807) is 11.3 Å². The third-order valence-corrected chi connectivity index (χ3v) is 4.33. The summed E-state index contributed by atoms with van der Waals surface area (Å²) in [4.78, 5) is 13.3. The van der Waals surface area contributed by atoms with Gasteiger partial charge >= 0.3 is 0 Å². The molecule has 3 nitrogen and oxygen atoms in total. The number of hydrogen-bond acceptors (Lipinski definition) is 3. The van der Waals surface area contributed by atoms with Gasteiger partial charge in [0, 0.05) is 11.4 Å². The number of nitrogens with two attached hydrogens (primary N) is 1. The molecular weight excluding hydrogens is 220 g/mol. The van der Waals surface area contributed by atoms with E-state index in [1.165, 1.54) is 16.9 Å². The minimum absolute atomic E-state index is 0.00199. The summed E-state index contributed by atoms with van der Waals surface area (Å²) in [5, 5.41) is 3.54. The Bertz CT molecular complexity index is 411. The molecule has 1 heterocycles. The minimum Gasteiger partial charge on any atom is -0.390 e. The Morgan fingerprint density at radius 2 is 2.31 bits per heavy atom. The van der Waals surface area contributed by atoms with E-state index in [2.05, 4.69) is 12.2 Å². The van der Waals surface area contributed by atoms with Crippen LogP contribution < -0.4 is 11.1 Å². The van der Waals surface area contributed by atoms with Gasteiger partial charge in [-0.15, -0.1) is 11.3 Å². The number of carbonyl (C=O) groups is 1. The number of fused-ring (bicyclic) bond motifs is 1. The summed E-state index contributed by atoms with van der Waals surface area (Å²) >= 11 is 1.59. The van der Waals surface area contributed by atoms with Gasteiger partial charge in [0.05, 0.1) is 10.6 Å². The summed E-state index contributed by atoms with van der Waals surface area (Å²) < 4.78 is 0. The highest BCUT2D eigenvalue weighted by Gasteiger charge is 2.31. The first-order valence-corrected chi connectivity index (χ1v) is 6.69. The van der Waals surface area contributed by atoms with Crippen molar-refractivity contribution in [2.45, 2.75) is 39.0 Å². The predicted octanol–water partition coefficient (Wildman–Crippen LogP) is 2.52. The fourth-order valence-corrected chi connectivity index (χ4v) is 3.64. The Kier molecular flexibility index (Phi) is 3.19. The smallest absolute Gasteiger partial charge is 0.254 e. The Hall–Kier alpha value is -1.03. The van der Waals surface area contributed by atoms with Crippen molar-refractivity contribution in [1.82, 2.24) is 5.32 Å². The van der Waals surface area contributed by atoms with Crippen molar-refractivity contribution >= 4 is 22.2 Å². The molecule has 0 radical (unpaired) electrons. The lowest BCUT2D eigenvalue weighted by molar-refractivity contribution is 0.0956. The molecule has 1 amide bonds. The molecule has 0 aromatic carbocycles. The van der Waals surface area contributed by atoms with Crippen LogP contribution in [0.3, 0.4) is 0 Å². The van der Waals surface area contributed by atoms with E-state index in [1.807, 2.05) is 6.92 Å². The van der Waals surface area contributed by atoms with Gasteiger partial charge in [-0.1, -0.05) is 6.92 Å². The van der Waals surface area contributed by atoms with Gasteiger partial charge in [-0.25, -0.2) is 0 Å². The molecule has 0 fully saturated rings. The number of nitrogen functional groups attached to an aromatic ring is 1. The number of nitrogens with one attached hydrogen (secondary N) is 1. The maximum absolute atomic E-state index is 12.0. The van der Waals surface area contributed by atoms with Gasteiger partial charge < -0.3 is 11.1 Å². The lowest BCUT2D eigenvalue weighted by Gasteiger charge is -2.10. The summed E-state index contributed by atoms with van der Waals surface area (Å²) in [5.74, 6) is 0.527. The van der Waals surface area contributed by atoms with Crippen LogP contribution in [-0.4, -0.2) is 12.5 Å². The first-order chi connectivity index (χ1) is 7.69. The largest absolute Gasteiger partial charge is 0.390 e. The molecule has 1 aliphatic carbocycles. The van der Waals surface area contributed by atoms with Crippen LogP contribution in [0.25, 0.3) is 0 Å². The van der Waals surface area contributed by atoms with E-state index in [0.29, 0.717) is 17.5 Å². The zero-order valence-electron chi connectivity index (χ0n) is 9.80. The Morgan fingerprint density at radius 1 is 1.56 bits per heavy atom.